The molecule has 152 valence electrons. The van der Waals surface area contributed by atoms with Gasteiger partial charge in [0.2, 0.25) is 5.91 Å². The Kier molecular flexibility index (Phi) is 5.40. The van der Waals surface area contributed by atoms with Gasteiger partial charge in [0.1, 0.15) is 18.4 Å². The maximum Gasteiger partial charge on any atom is 0.250 e. The van der Waals surface area contributed by atoms with Crippen LogP contribution in [0.3, 0.4) is 0 Å². The number of benzene rings is 1. The molecule has 1 amide bonds. The van der Waals surface area contributed by atoms with Crippen LogP contribution in [0.25, 0.3) is 10.9 Å². The summed E-state index contributed by atoms with van der Waals surface area (Å²) in [6, 6.07) is 11.6. The second kappa shape index (κ2) is 8.13. The van der Waals surface area contributed by atoms with Crippen LogP contribution in [0.4, 0.5) is 0 Å². The third-order valence-corrected chi connectivity index (χ3v) is 5.50. The molecular weight excluding hydrogens is 368 g/mol. The van der Waals surface area contributed by atoms with E-state index in [1.54, 1.807) is 17.7 Å². The molecule has 1 fully saturated rings. The van der Waals surface area contributed by atoms with Gasteiger partial charge in [0.05, 0.1) is 5.52 Å². The summed E-state index contributed by atoms with van der Waals surface area (Å²) in [5, 5.41) is 0.997. The first-order chi connectivity index (χ1) is 14.0. The van der Waals surface area contributed by atoms with E-state index in [1.165, 1.54) is 0 Å². The van der Waals surface area contributed by atoms with E-state index in [2.05, 4.69) is 4.90 Å². The minimum Gasteiger partial charge on any atom is -0.490 e. The Morgan fingerprint density at radius 2 is 1.97 bits per heavy atom. The topological polar surface area (TPSA) is 82.5 Å². The molecule has 0 spiro atoms. The number of aryl methyl sites for hydroxylation is 1. The van der Waals surface area contributed by atoms with Gasteiger partial charge in [-0.3, -0.25) is 14.5 Å². The fourth-order valence-corrected chi connectivity index (χ4v) is 3.91. The number of amides is 1. The molecule has 0 aliphatic carbocycles. The molecule has 7 nitrogen and oxygen atoms in total. The van der Waals surface area contributed by atoms with Crippen molar-refractivity contribution >= 4 is 16.8 Å². The van der Waals surface area contributed by atoms with Crippen LogP contribution in [-0.2, 0) is 24.9 Å². The zero-order chi connectivity index (χ0) is 20.4. The molecule has 0 radical (unpaired) electrons. The lowest BCUT2D eigenvalue weighted by atomic mass is 10.1. The largest absolute Gasteiger partial charge is 0.490 e. The molecule has 7 heteroatoms. The lowest BCUT2D eigenvalue weighted by Crippen LogP contribution is -2.38. The number of ether oxygens (including phenoxy) is 1. The SMILES string of the molecule is Cn1ccc(CN2CCC(Oc3cccc4c3ccn4CC(N)=O)CC2)cc1=O. The summed E-state index contributed by atoms with van der Waals surface area (Å²) >= 11 is 0. The van der Waals surface area contributed by atoms with Crippen molar-refractivity contribution in [1.29, 1.82) is 0 Å². The monoisotopic (exact) mass is 394 g/mol. The van der Waals surface area contributed by atoms with Gasteiger partial charge in [0.25, 0.3) is 5.56 Å². The van der Waals surface area contributed by atoms with Gasteiger partial charge >= 0.3 is 0 Å². The Balaban J connectivity index is 1.38. The number of carbonyl (C=O) groups excluding carboxylic acids is 1. The van der Waals surface area contributed by atoms with Crippen molar-refractivity contribution in [2.75, 3.05) is 13.1 Å². The average Bonchev–Trinajstić information content (AvgIpc) is 3.10. The Morgan fingerprint density at radius 3 is 2.69 bits per heavy atom. The van der Waals surface area contributed by atoms with Crippen molar-refractivity contribution in [1.82, 2.24) is 14.0 Å². The zero-order valence-corrected chi connectivity index (χ0v) is 16.6. The smallest absolute Gasteiger partial charge is 0.250 e. The van der Waals surface area contributed by atoms with Gasteiger partial charge in [-0.25, -0.2) is 0 Å². The van der Waals surface area contributed by atoms with Gasteiger partial charge in [0.15, 0.2) is 0 Å². The molecule has 2 N–H and O–H groups in total. The summed E-state index contributed by atoms with van der Waals surface area (Å²) in [7, 11) is 1.76. The number of nitrogens with two attached hydrogens (primary N) is 1. The van der Waals surface area contributed by atoms with Gasteiger partial charge < -0.3 is 19.6 Å². The number of fused-ring (bicyclic) bond motifs is 1. The predicted octanol–water partition coefficient (Wildman–Crippen LogP) is 1.87. The third-order valence-electron chi connectivity index (χ3n) is 5.50. The number of hydrogen-bond donors (Lipinski definition) is 1. The Morgan fingerprint density at radius 1 is 1.17 bits per heavy atom. The highest BCUT2D eigenvalue weighted by molar-refractivity contribution is 5.87. The molecule has 0 bridgehead atoms. The zero-order valence-electron chi connectivity index (χ0n) is 16.6. The molecule has 0 saturated carbocycles. The minimum atomic E-state index is -0.363. The van der Waals surface area contributed by atoms with Crippen LogP contribution in [0.1, 0.15) is 18.4 Å². The maximum absolute atomic E-state index is 11.8. The van der Waals surface area contributed by atoms with Crippen LogP contribution in [-0.4, -0.2) is 39.1 Å². The van der Waals surface area contributed by atoms with Gasteiger partial charge in [-0.2, -0.15) is 0 Å². The van der Waals surface area contributed by atoms with Crippen LogP contribution in [0, 0.1) is 0 Å². The van der Waals surface area contributed by atoms with Crippen molar-refractivity contribution in [2.45, 2.75) is 32.0 Å². The summed E-state index contributed by atoms with van der Waals surface area (Å²) < 4.78 is 9.74. The number of carbonyl (C=O) groups is 1. The predicted molar refractivity (Wildman–Crippen MR) is 112 cm³/mol. The van der Waals surface area contributed by atoms with Crippen LogP contribution in [0.15, 0.2) is 53.6 Å². The van der Waals surface area contributed by atoms with Crippen molar-refractivity contribution < 1.29 is 9.53 Å². The standard InChI is InChI=1S/C22H26N4O3/c1-24-9-5-16(13-22(24)28)14-25-10-6-17(7-11-25)29-20-4-2-3-19-18(20)8-12-26(19)15-21(23)27/h2-5,8-9,12-13,17H,6-7,10-11,14-15H2,1H3,(H2,23,27). The summed E-state index contributed by atoms with van der Waals surface area (Å²) in [4.78, 5) is 25.4. The maximum atomic E-state index is 11.8. The van der Waals surface area contributed by atoms with E-state index in [0.29, 0.717) is 0 Å². The highest BCUT2D eigenvalue weighted by Crippen LogP contribution is 2.29. The van der Waals surface area contributed by atoms with E-state index in [4.69, 9.17) is 10.5 Å². The number of hydrogen-bond acceptors (Lipinski definition) is 4. The molecule has 1 aromatic carbocycles. The summed E-state index contributed by atoms with van der Waals surface area (Å²) in [6.45, 7) is 2.80. The molecule has 0 atom stereocenters. The highest BCUT2D eigenvalue weighted by Gasteiger charge is 2.21. The van der Waals surface area contributed by atoms with Crippen molar-refractivity contribution in [3.63, 3.8) is 0 Å². The molecular formula is C22H26N4O3. The van der Waals surface area contributed by atoms with E-state index in [1.807, 2.05) is 47.3 Å². The van der Waals surface area contributed by atoms with Gasteiger partial charge in [-0.15, -0.1) is 0 Å². The number of nitrogens with zero attached hydrogens (tertiary/aromatic N) is 3. The normalized spacial score (nSPS) is 15.6. The first kappa shape index (κ1) is 19.3. The van der Waals surface area contributed by atoms with E-state index < -0.39 is 0 Å². The summed E-state index contributed by atoms with van der Waals surface area (Å²) in [5.74, 6) is 0.480. The van der Waals surface area contributed by atoms with Crippen molar-refractivity contribution in [2.24, 2.45) is 12.8 Å². The number of rotatable bonds is 6. The second-order valence-corrected chi connectivity index (χ2v) is 7.68. The Bertz CT molecular complexity index is 1080. The number of likely N-dealkylation sites (tertiary alicyclic amines) is 1. The van der Waals surface area contributed by atoms with E-state index in [9.17, 15) is 9.59 Å². The quantitative estimate of drug-likeness (QED) is 0.692. The number of piperidine rings is 1. The lowest BCUT2D eigenvalue weighted by Gasteiger charge is -2.32. The van der Waals surface area contributed by atoms with Crippen LogP contribution < -0.4 is 16.0 Å². The van der Waals surface area contributed by atoms with Crippen molar-refractivity contribution in [3.05, 3.63) is 64.7 Å². The highest BCUT2D eigenvalue weighted by atomic mass is 16.5. The fraction of sp³-hybridized carbons (Fsp3) is 0.364. The number of primary amides is 1. The van der Waals surface area contributed by atoms with Crippen LogP contribution in [0.2, 0.25) is 0 Å². The van der Waals surface area contributed by atoms with E-state index in [-0.39, 0.29) is 24.1 Å². The number of pyridine rings is 1. The van der Waals surface area contributed by atoms with Gasteiger partial charge in [0, 0.05) is 50.5 Å². The number of aromatic nitrogens is 2. The molecule has 1 saturated heterocycles. The molecule has 29 heavy (non-hydrogen) atoms. The van der Waals surface area contributed by atoms with Crippen LogP contribution in [0.5, 0.6) is 5.75 Å². The van der Waals surface area contributed by atoms with Crippen LogP contribution >= 0.6 is 0 Å². The van der Waals surface area contributed by atoms with Gasteiger partial charge in [-0.05, 0) is 42.7 Å². The molecule has 3 heterocycles. The fourth-order valence-electron chi connectivity index (χ4n) is 3.91. The van der Waals surface area contributed by atoms with E-state index in [0.717, 1.165) is 54.7 Å². The first-order valence-corrected chi connectivity index (χ1v) is 9.90. The molecule has 4 rings (SSSR count). The second-order valence-electron chi connectivity index (χ2n) is 7.68. The third kappa shape index (κ3) is 4.35. The summed E-state index contributed by atoms with van der Waals surface area (Å²) in [6.07, 6.45) is 5.71. The lowest BCUT2D eigenvalue weighted by molar-refractivity contribution is -0.118. The average molecular weight is 394 g/mol. The molecule has 0 unspecified atom stereocenters. The molecule has 1 aliphatic rings. The molecule has 1 aliphatic heterocycles. The van der Waals surface area contributed by atoms with E-state index >= 15 is 0 Å². The Labute approximate surface area is 169 Å². The summed E-state index contributed by atoms with van der Waals surface area (Å²) in [5.41, 5.74) is 7.35. The first-order valence-electron chi connectivity index (χ1n) is 9.90. The Hall–Kier alpha value is -3.06. The van der Waals surface area contributed by atoms with Crippen molar-refractivity contribution in [3.8, 4) is 5.75 Å². The molecule has 2 aromatic heterocycles. The molecule has 3 aromatic rings. The van der Waals surface area contributed by atoms with Gasteiger partial charge in [-0.1, -0.05) is 6.07 Å². The minimum absolute atomic E-state index is 0.0251.